The Morgan fingerprint density at radius 2 is 1.64 bits per heavy atom. The van der Waals surface area contributed by atoms with Crippen molar-refractivity contribution < 1.29 is 29.1 Å². The van der Waals surface area contributed by atoms with Gasteiger partial charge in [-0.25, -0.2) is 4.79 Å². The van der Waals surface area contributed by atoms with Crippen LogP contribution in [-0.4, -0.2) is 43.4 Å². The molecule has 7 nitrogen and oxygen atoms in total. The van der Waals surface area contributed by atoms with Crippen LogP contribution in [0.1, 0.15) is 74.7 Å². The molecule has 0 amide bonds. The van der Waals surface area contributed by atoms with E-state index < -0.39 is 29.9 Å². The van der Waals surface area contributed by atoms with E-state index in [2.05, 4.69) is 0 Å². The highest BCUT2D eigenvalue weighted by atomic mass is 31.2. The van der Waals surface area contributed by atoms with Crippen LogP contribution in [0.15, 0.2) is 0 Å². The van der Waals surface area contributed by atoms with Crippen LogP contribution < -0.4 is 0 Å². The Kier molecular flexibility index (Phi) is 8.33. The third kappa shape index (κ3) is 5.27. The fourth-order valence-electron chi connectivity index (χ4n) is 3.47. The fraction of sp³-hybridized carbons (Fsp3) is 0.941. The van der Waals surface area contributed by atoms with E-state index in [4.69, 9.17) is 4.84 Å². The van der Waals surface area contributed by atoms with Crippen LogP contribution in [0.4, 0.5) is 0 Å². The van der Waals surface area contributed by atoms with Crippen molar-refractivity contribution in [2.24, 2.45) is 11.3 Å². The summed E-state index contributed by atoms with van der Waals surface area (Å²) in [5, 5.41) is 9.07. The summed E-state index contributed by atoms with van der Waals surface area (Å²) in [6.45, 7) is 14.1. The predicted molar refractivity (Wildman–Crippen MR) is 98.1 cm³/mol. The molecule has 0 aromatic rings. The van der Waals surface area contributed by atoms with Crippen molar-refractivity contribution in [1.29, 1.82) is 0 Å². The van der Waals surface area contributed by atoms with Crippen LogP contribution in [0.3, 0.4) is 0 Å². The number of nitrogens with zero attached hydrogens (tertiary/aromatic N) is 1. The molecular weight excluding hydrogens is 345 g/mol. The summed E-state index contributed by atoms with van der Waals surface area (Å²) in [5.41, 5.74) is -2.40. The second kappa shape index (κ2) is 8.49. The second-order valence-electron chi connectivity index (χ2n) is 8.21. The molecule has 0 saturated heterocycles. The number of hydrogen-bond acceptors (Lipinski definition) is 4. The molecule has 0 aliphatic rings. The lowest BCUT2D eigenvalue weighted by Gasteiger charge is -2.53. The van der Waals surface area contributed by atoms with E-state index in [0.717, 1.165) is 6.42 Å². The Morgan fingerprint density at radius 1 is 1.16 bits per heavy atom. The smallest absolute Gasteiger partial charge is 0.348 e. The van der Waals surface area contributed by atoms with Gasteiger partial charge in [-0.1, -0.05) is 48.0 Å². The average molecular weight is 381 g/mol. The van der Waals surface area contributed by atoms with Gasteiger partial charge in [0.25, 0.3) is 0 Å². The van der Waals surface area contributed by atoms with Crippen molar-refractivity contribution in [2.75, 3.05) is 6.54 Å². The minimum absolute atomic E-state index is 0.0273. The van der Waals surface area contributed by atoms with Gasteiger partial charge in [-0.2, -0.15) is 5.06 Å². The SMILES string of the molecule is CCCC(C)(C)C(CC)(N(CC(C)C)OC(C)(C)C(=O)O)P(=O)(O)O. The summed E-state index contributed by atoms with van der Waals surface area (Å²) in [4.78, 5) is 38.0. The molecule has 0 aliphatic heterocycles. The Hall–Kier alpha value is -0.460. The molecule has 0 bridgehead atoms. The summed E-state index contributed by atoms with van der Waals surface area (Å²) in [6, 6.07) is 0. The van der Waals surface area contributed by atoms with Gasteiger partial charge >= 0.3 is 13.6 Å². The highest BCUT2D eigenvalue weighted by Crippen LogP contribution is 2.64. The van der Waals surface area contributed by atoms with Gasteiger partial charge in [-0.05, 0) is 38.0 Å². The first kappa shape index (κ1) is 24.5. The van der Waals surface area contributed by atoms with E-state index in [9.17, 15) is 24.3 Å². The molecule has 0 aromatic heterocycles. The van der Waals surface area contributed by atoms with Gasteiger partial charge in [0, 0.05) is 6.54 Å². The maximum absolute atomic E-state index is 12.7. The monoisotopic (exact) mass is 381 g/mol. The number of aliphatic carboxylic acids is 1. The fourth-order valence-corrected chi connectivity index (χ4v) is 5.20. The molecule has 0 aromatic carbocycles. The zero-order chi connectivity index (χ0) is 20.3. The number of carbonyl (C=O) groups is 1. The van der Waals surface area contributed by atoms with Gasteiger partial charge in [0.2, 0.25) is 0 Å². The van der Waals surface area contributed by atoms with Gasteiger partial charge in [0.15, 0.2) is 10.9 Å². The third-order valence-electron chi connectivity index (χ3n) is 4.73. The van der Waals surface area contributed by atoms with Crippen LogP contribution in [0.2, 0.25) is 0 Å². The zero-order valence-corrected chi connectivity index (χ0v) is 17.8. The molecule has 0 radical (unpaired) electrons. The molecule has 0 aliphatic carbocycles. The Bertz CT molecular complexity index is 499. The molecular formula is C17H36NO6P. The average Bonchev–Trinajstić information content (AvgIpc) is 2.35. The van der Waals surface area contributed by atoms with Crippen LogP contribution >= 0.6 is 7.60 Å². The highest BCUT2D eigenvalue weighted by molar-refractivity contribution is 7.53. The van der Waals surface area contributed by atoms with Crippen LogP contribution in [-0.2, 0) is 14.2 Å². The van der Waals surface area contributed by atoms with Crippen LogP contribution in [0.25, 0.3) is 0 Å². The van der Waals surface area contributed by atoms with Gasteiger partial charge in [-0.3, -0.25) is 9.40 Å². The summed E-state index contributed by atoms with van der Waals surface area (Å²) in [5.74, 6) is -1.16. The quantitative estimate of drug-likeness (QED) is 0.368. The largest absolute Gasteiger partial charge is 0.479 e. The Labute approximate surface area is 151 Å². The molecule has 3 N–H and O–H groups in total. The number of carboxylic acid groups (broad SMARTS) is 1. The number of hydroxylamine groups is 2. The predicted octanol–water partition coefficient (Wildman–Crippen LogP) is 3.85. The lowest BCUT2D eigenvalue weighted by Crippen LogP contribution is -2.61. The molecule has 0 fully saturated rings. The molecule has 0 saturated carbocycles. The number of carboxylic acids is 1. The lowest BCUT2D eigenvalue weighted by molar-refractivity contribution is -0.287. The molecule has 8 heteroatoms. The van der Waals surface area contributed by atoms with Crippen molar-refractivity contribution in [3.8, 4) is 0 Å². The summed E-state index contributed by atoms with van der Waals surface area (Å²) in [6.07, 6.45) is 1.44. The van der Waals surface area contributed by atoms with E-state index in [1.54, 1.807) is 6.92 Å². The summed E-state index contributed by atoms with van der Waals surface area (Å²) < 4.78 is 12.7. The summed E-state index contributed by atoms with van der Waals surface area (Å²) >= 11 is 0. The maximum atomic E-state index is 12.7. The Morgan fingerprint density at radius 3 is 1.92 bits per heavy atom. The molecule has 1 atom stereocenters. The lowest BCUT2D eigenvalue weighted by atomic mass is 9.77. The van der Waals surface area contributed by atoms with Crippen molar-refractivity contribution in [1.82, 2.24) is 5.06 Å². The van der Waals surface area contributed by atoms with Gasteiger partial charge in [0.05, 0.1) is 0 Å². The van der Waals surface area contributed by atoms with E-state index in [1.807, 2.05) is 34.6 Å². The van der Waals surface area contributed by atoms with E-state index in [-0.39, 0.29) is 18.9 Å². The van der Waals surface area contributed by atoms with E-state index >= 15 is 0 Å². The van der Waals surface area contributed by atoms with Crippen molar-refractivity contribution in [3.63, 3.8) is 0 Å². The molecule has 150 valence electrons. The maximum Gasteiger partial charge on any atom is 0.348 e. The van der Waals surface area contributed by atoms with Crippen molar-refractivity contribution >= 4 is 13.6 Å². The van der Waals surface area contributed by atoms with Gasteiger partial charge < -0.3 is 14.9 Å². The highest BCUT2D eigenvalue weighted by Gasteiger charge is 2.61. The van der Waals surface area contributed by atoms with Crippen molar-refractivity contribution in [2.45, 2.75) is 85.5 Å². The molecule has 0 rings (SSSR count). The van der Waals surface area contributed by atoms with Gasteiger partial charge in [-0.15, -0.1) is 0 Å². The number of hydrogen-bond donors (Lipinski definition) is 3. The van der Waals surface area contributed by atoms with Crippen LogP contribution in [0, 0.1) is 11.3 Å². The van der Waals surface area contributed by atoms with E-state index in [0.29, 0.717) is 6.42 Å². The van der Waals surface area contributed by atoms with Crippen molar-refractivity contribution in [3.05, 3.63) is 0 Å². The minimum Gasteiger partial charge on any atom is -0.479 e. The molecule has 0 spiro atoms. The number of rotatable bonds is 11. The minimum atomic E-state index is -4.68. The standard InChI is InChI=1S/C17H36NO6P/c1-9-11-15(5,6)17(10-2,25(21,22)23)18(12-13(3)4)24-16(7,8)14(19)20/h13H,9-12H2,1-8H3,(H,19,20)(H2,21,22,23). The first-order valence-corrected chi connectivity index (χ1v) is 10.5. The second-order valence-corrected chi connectivity index (χ2v) is 10.0. The third-order valence-corrected chi connectivity index (χ3v) is 6.84. The first-order valence-electron chi connectivity index (χ1n) is 8.84. The Balaban J connectivity index is 6.46. The molecule has 0 heterocycles. The van der Waals surface area contributed by atoms with Gasteiger partial charge in [0.1, 0.15) is 0 Å². The van der Waals surface area contributed by atoms with Crippen LogP contribution in [0.5, 0.6) is 0 Å². The topological polar surface area (TPSA) is 107 Å². The normalized spacial score (nSPS) is 16.3. The molecule has 25 heavy (non-hydrogen) atoms. The first-order chi connectivity index (χ1) is 11.1. The van der Waals surface area contributed by atoms with E-state index in [1.165, 1.54) is 18.9 Å². The summed E-state index contributed by atoms with van der Waals surface area (Å²) in [7, 11) is -4.68. The molecule has 1 unspecified atom stereocenters. The zero-order valence-electron chi connectivity index (χ0n) is 16.9.